The van der Waals surface area contributed by atoms with Gasteiger partial charge in [-0.2, -0.15) is 0 Å². The largest absolute Gasteiger partial charge is 0.492 e. The van der Waals surface area contributed by atoms with E-state index in [0.717, 1.165) is 5.56 Å². The van der Waals surface area contributed by atoms with Crippen LogP contribution in [0.3, 0.4) is 0 Å². The van der Waals surface area contributed by atoms with E-state index in [9.17, 15) is 12.8 Å². The van der Waals surface area contributed by atoms with Gasteiger partial charge in [-0.05, 0) is 43.3 Å². The standard InChI is InChI=1S/C15H16FNO3S/c1-12-2-8-15(9-3-12)21(18,19)17-10-11-20-14-6-4-13(16)5-7-14/h2-9,17H,10-11H2,1H3. The Morgan fingerprint density at radius 1 is 1.05 bits per heavy atom. The topological polar surface area (TPSA) is 55.4 Å². The van der Waals surface area contributed by atoms with Gasteiger partial charge in [0.25, 0.3) is 0 Å². The first-order valence-electron chi connectivity index (χ1n) is 6.42. The zero-order chi connectivity index (χ0) is 15.3. The molecule has 21 heavy (non-hydrogen) atoms. The Hall–Kier alpha value is -1.92. The van der Waals surface area contributed by atoms with Gasteiger partial charge in [-0.3, -0.25) is 0 Å². The van der Waals surface area contributed by atoms with E-state index in [2.05, 4.69) is 4.72 Å². The average molecular weight is 309 g/mol. The van der Waals surface area contributed by atoms with Crippen LogP contribution in [0.5, 0.6) is 5.75 Å². The molecule has 0 aliphatic heterocycles. The molecule has 2 aromatic carbocycles. The van der Waals surface area contributed by atoms with Crippen LogP contribution in [0.2, 0.25) is 0 Å². The smallest absolute Gasteiger partial charge is 0.240 e. The minimum Gasteiger partial charge on any atom is -0.492 e. The van der Waals surface area contributed by atoms with Crippen molar-refractivity contribution >= 4 is 10.0 Å². The Balaban J connectivity index is 1.85. The second-order valence-corrected chi connectivity index (χ2v) is 6.28. The van der Waals surface area contributed by atoms with Gasteiger partial charge in [0.1, 0.15) is 18.2 Å². The summed E-state index contributed by atoms with van der Waals surface area (Å²) >= 11 is 0. The number of halogens is 1. The van der Waals surface area contributed by atoms with Crippen molar-refractivity contribution in [3.63, 3.8) is 0 Å². The van der Waals surface area contributed by atoms with Crippen LogP contribution < -0.4 is 9.46 Å². The molecule has 2 aromatic rings. The number of benzene rings is 2. The fourth-order valence-corrected chi connectivity index (χ4v) is 2.69. The molecule has 0 radical (unpaired) electrons. The van der Waals surface area contributed by atoms with Gasteiger partial charge >= 0.3 is 0 Å². The molecule has 1 N–H and O–H groups in total. The number of rotatable bonds is 6. The summed E-state index contributed by atoms with van der Waals surface area (Å²) in [5, 5.41) is 0. The molecule has 0 saturated heterocycles. The molecule has 0 unspecified atom stereocenters. The van der Waals surface area contributed by atoms with Crippen LogP contribution in [-0.2, 0) is 10.0 Å². The molecule has 0 bridgehead atoms. The van der Waals surface area contributed by atoms with Gasteiger partial charge in [-0.1, -0.05) is 17.7 Å². The summed E-state index contributed by atoms with van der Waals surface area (Å²) in [7, 11) is -3.53. The Bertz CT molecular complexity index is 682. The molecule has 0 aliphatic rings. The Morgan fingerprint density at radius 2 is 1.67 bits per heavy atom. The van der Waals surface area contributed by atoms with Crippen LogP contribution in [0.1, 0.15) is 5.56 Å². The van der Waals surface area contributed by atoms with E-state index < -0.39 is 10.0 Å². The molecule has 0 fully saturated rings. The molecule has 0 amide bonds. The predicted octanol–water partition coefficient (Wildman–Crippen LogP) is 2.49. The van der Waals surface area contributed by atoms with Crippen LogP contribution in [-0.4, -0.2) is 21.6 Å². The van der Waals surface area contributed by atoms with Crippen molar-refractivity contribution in [2.75, 3.05) is 13.2 Å². The molecule has 112 valence electrons. The second-order valence-electron chi connectivity index (χ2n) is 4.51. The fourth-order valence-electron chi connectivity index (χ4n) is 1.68. The molecule has 0 spiro atoms. The molecular formula is C15H16FNO3S. The van der Waals surface area contributed by atoms with E-state index in [0.29, 0.717) is 5.75 Å². The zero-order valence-corrected chi connectivity index (χ0v) is 12.4. The summed E-state index contributed by atoms with van der Waals surface area (Å²) in [5.74, 6) is 0.147. The van der Waals surface area contributed by atoms with Crippen molar-refractivity contribution in [1.29, 1.82) is 0 Å². The lowest BCUT2D eigenvalue weighted by atomic mass is 10.2. The first-order valence-corrected chi connectivity index (χ1v) is 7.90. The van der Waals surface area contributed by atoms with Crippen LogP contribution in [0.25, 0.3) is 0 Å². The molecule has 4 nitrogen and oxygen atoms in total. The lowest BCUT2D eigenvalue weighted by Crippen LogP contribution is -2.28. The maximum Gasteiger partial charge on any atom is 0.240 e. The summed E-state index contributed by atoms with van der Waals surface area (Å²) in [4.78, 5) is 0.217. The summed E-state index contributed by atoms with van der Waals surface area (Å²) in [6.07, 6.45) is 0. The highest BCUT2D eigenvalue weighted by molar-refractivity contribution is 7.89. The minimum absolute atomic E-state index is 0.133. The van der Waals surface area contributed by atoms with Crippen LogP contribution in [0, 0.1) is 12.7 Å². The normalized spacial score (nSPS) is 11.3. The van der Waals surface area contributed by atoms with Gasteiger partial charge in [-0.25, -0.2) is 17.5 Å². The third-order valence-electron chi connectivity index (χ3n) is 2.81. The van der Waals surface area contributed by atoms with Crippen molar-refractivity contribution in [3.8, 4) is 5.75 Å². The number of hydrogen-bond donors (Lipinski definition) is 1. The molecule has 0 heterocycles. The fraction of sp³-hybridized carbons (Fsp3) is 0.200. The van der Waals surface area contributed by atoms with Crippen LogP contribution in [0.4, 0.5) is 4.39 Å². The van der Waals surface area contributed by atoms with E-state index in [1.54, 1.807) is 24.3 Å². The monoisotopic (exact) mass is 309 g/mol. The second kappa shape index (κ2) is 6.69. The highest BCUT2D eigenvalue weighted by Crippen LogP contribution is 2.11. The number of sulfonamides is 1. The van der Waals surface area contributed by atoms with Gasteiger partial charge in [0.2, 0.25) is 10.0 Å². The average Bonchev–Trinajstić information content (AvgIpc) is 2.46. The minimum atomic E-state index is -3.53. The number of hydrogen-bond acceptors (Lipinski definition) is 3. The van der Waals surface area contributed by atoms with Crippen molar-refractivity contribution in [2.24, 2.45) is 0 Å². The first kappa shape index (κ1) is 15.5. The quantitative estimate of drug-likeness (QED) is 0.834. The predicted molar refractivity (Wildman–Crippen MR) is 78.3 cm³/mol. The third-order valence-corrected chi connectivity index (χ3v) is 4.28. The Labute approximate surface area is 123 Å². The van der Waals surface area contributed by atoms with E-state index in [4.69, 9.17) is 4.74 Å². The summed E-state index contributed by atoms with van der Waals surface area (Å²) < 4.78 is 44.4. The van der Waals surface area contributed by atoms with Gasteiger partial charge in [0.15, 0.2) is 0 Å². The number of ether oxygens (including phenoxy) is 1. The summed E-state index contributed by atoms with van der Waals surface area (Å²) in [6.45, 7) is 2.19. The van der Waals surface area contributed by atoms with Crippen LogP contribution >= 0.6 is 0 Å². The van der Waals surface area contributed by atoms with Crippen molar-refractivity contribution in [3.05, 3.63) is 59.9 Å². The Kier molecular flexibility index (Phi) is 4.93. The van der Waals surface area contributed by atoms with E-state index >= 15 is 0 Å². The third kappa shape index (κ3) is 4.54. The molecular weight excluding hydrogens is 293 g/mol. The maximum absolute atomic E-state index is 12.7. The van der Waals surface area contributed by atoms with Gasteiger partial charge in [-0.15, -0.1) is 0 Å². The molecule has 0 aliphatic carbocycles. The summed E-state index contributed by atoms with van der Waals surface area (Å²) in [5.41, 5.74) is 0.994. The molecule has 0 atom stereocenters. The van der Waals surface area contributed by atoms with Crippen molar-refractivity contribution in [2.45, 2.75) is 11.8 Å². The zero-order valence-electron chi connectivity index (χ0n) is 11.5. The van der Waals surface area contributed by atoms with E-state index in [-0.39, 0.29) is 23.9 Å². The van der Waals surface area contributed by atoms with E-state index in [1.165, 1.54) is 24.3 Å². The highest BCUT2D eigenvalue weighted by atomic mass is 32.2. The molecule has 0 saturated carbocycles. The molecule has 0 aromatic heterocycles. The first-order chi connectivity index (χ1) is 9.97. The highest BCUT2D eigenvalue weighted by Gasteiger charge is 2.12. The van der Waals surface area contributed by atoms with Gasteiger partial charge < -0.3 is 4.74 Å². The number of aryl methyl sites for hydroxylation is 1. The lowest BCUT2D eigenvalue weighted by Gasteiger charge is -2.08. The van der Waals surface area contributed by atoms with Crippen LogP contribution in [0.15, 0.2) is 53.4 Å². The maximum atomic E-state index is 12.7. The van der Waals surface area contributed by atoms with E-state index in [1.807, 2.05) is 6.92 Å². The van der Waals surface area contributed by atoms with Gasteiger partial charge in [0, 0.05) is 6.54 Å². The summed E-state index contributed by atoms with van der Waals surface area (Å²) in [6, 6.07) is 12.1. The molecule has 6 heteroatoms. The molecule has 2 rings (SSSR count). The lowest BCUT2D eigenvalue weighted by molar-refractivity contribution is 0.322. The van der Waals surface area contributed by atoms with Crippen molar-refractivity contribution < 1.29 is 17.5 Å². The Morgan fingerprint density at radius 3 is 2.29 bits per heavy atom. The van der Waals surface area contributed by atoms with Gasteiger partial charge in [0.05, 0.1) is 4.90 Å². The van der Waals surface area contributed by atoms with Crippen molar-refractivity contribution in [1.82, 2.24) is 4.72 Å². The number of nitrogens with one attached hydrogen (secondary N) is 1. The SMILES string of the molecule is Cc1ccc(S(=O)(=O)NCCOc2ccc(F)cc2)cc1.